The van der Waals surface area contributed by atoms with Gasteiger partial charge in [0.2, 0.25) is 0 Å². The van der Waals surface area contributed by atoms with Crippen molar-refractivity contribution in [2.45, 2.75) is 12.7 Å². The second-order valence-electron chi connectivity index (χ2n) is 4.25. The molecule has 0 heterocycles. The number of halogens is 1. The number of hydrogen-bond donors (Lipinski definition) is 0. The summed E-state index contributed by atoms with van der Waals surface area (Å²) in [4.78, 5) is 11.9. The van der Waals surface area contributed by atoms with Gasteiger partial charge in [-0.2, -0.15) is 0 Å². The summed E-state index contributed by atoms with van der Waals surface area (Å²) in [5.74, 6) is -0.441. The minimum Gasteiger partial charge on any atom is -0.467 e. The van der Waals surface area contributed by atoms with E-state index < -0.39 is 12.1 Å². The van der Waals surface area contributed by atoms with Gasteiger partial charge in [-0.15, -0.1) is 0 Å². The Hall–Kier alpha value is -1.84. The zero-order chi connectivity index (χ0) is 14.4. The Morgan fingerprint density at radius 1 is 1.15 bits per heavy atom. The van der Waals surface area contributed by atoms with Crippen LogP contribution in [0.15, 0.2) is 54.6 Å². The van der Waals surface area contributed by atoms with Crippen LogP contribution in [0.4, 0.5) is 0 Å². The average Bonchev–Trinajstić information content (AvgIpc) is 2.48. The van der Waals surface area contributed by atoms with Gasteiger partial charge in [-0.05, 0) is 23.3 Å². The Bertz CT molecular complexity index is 569. The van der Waals surface area contributed by atoms with Crippen LogP contribution < -0.4 is 0 Å². The van der Waals surface area contributed by atoms with Crippen LogP contribution in [0.2, 0.25) is 5.02 Å². The minimum atomic E-state index is -0.779. The molecule has 1 atom stereocenters. The molecule has 4 heteroatoms. The maximum absolute atomic E-state index is 11.9. The molecule has 0 saturated heterocycles. The Balaban J connectivity index is 2.14. The summed E-state index contributed by atoms with van der Waals surface area (Å²) in [6, 6.07) is 16.7. The molecule has 0 saturated carbocycles. The van der Waals surface area contributed by atoms with Gasteiger partial charge in [0.25, 0.3) is 0 Å². The largest absolute Gasteiger partial charge is 0.467 e. The Labute approximate surface area is 123 Å². The highest BCUT2D eigenvalue weighted by atomic mass is 35.5. The molecule has 0 fully saturated rings. The van der Waals surface area contributed by atoms with Crippen molar-refractivity contribution < 1.29 is 14.3 Å². The van der Waals surface area contributed by atoms with Gasteiger partial charge in [-0.1, -0.05) is 54.1 Å². The van der Waals surface area contributed by atoms with E-state index in [-0.39, 0.29) is 0 Å². The number of benzene rings is 2. The van der Waals surface area contributed by atoms with Crippen LogP contribution in [0.5, 0.6) is 0 Å². The summed E-state index contributed by atoms with van der Waals surface area (Å²) in [5, 5.41) is 0.555. The van der Waals surface area contributed by atoms with Gasteiger partial charge in [0.1, 0.15) is 0 Å². The highest BCUT2D eigenvalue weighted by Crippen LogP contribution is 2.23. The second-order valence-corrected chi connectivity index (χ2v) is 4.69. The fourth-order valence-corrected chi connectivity index (χ4v) is 2.03. The lowest BCUT2D eigenvalue weighted by atomic mass is 10.1. The standard InChI is InChI=1S/C16H15ClO3/c1-19-16(18)15(13-8-5-9-14(17)10-13)20-11-12-6-3-2-4-7-12/h2-10,15H,11H2,1H3. The molecule has 0 N–H and O–H groups in total. The van der Waals surface area contributed by atoms with E-state index in [1.807, 2.05) is 30.3 Å². The number of carbonyl (C=O) groups excluding carboxylic acids is 1. The lowest BCUT2D eigenvalue weighted by Gasteiger charge is -2.16. The predicted octanol–water partition coefficient (Wildman–Crippen LogP) is 3.77. The molecule has 1 unspecified atom stereocenters. The van der Waals surface area contributed by atoms with Gasteiger partial charge in [-0.3, -0.25) is 0 Å². The van der Waals surface area contributed by atoms with Crippen molar-refractivity contribution in [1.82, 2.24) is 0 Å². The average molecular weight is 291 g/mol. The van der Waals surface area contributed by atoms with E-state index in [4.69, 9.17) is 21.1 Å². The highest BCUT2D eigenvalue weighted by Gasteiger charge is 2.22. The lowest BCUT2D eigenvalue weighted by molar-refractivity contribution is -0.155. The molecule has 0 radical (unpaired) electrons. The van der Waals surface area contributed by atoms with Crippen molar-refractivity contribution >= 4 is 17.6 Å². The van der Waals surface area contributed by atoms with Crippen LogP contribution in [-0.2, 0) is 20.9 Å². The zero-order valence-corrected chi connectivity index (χ0v) is 11.8. The summed E-state index contributed by atoms with van der Waals surface area (Å²) in [5.41, 5.74) is 1.67. The number of ether oxygens (including phenoxy) is 2. The zero-order valence-electron chi connectivity index (χ0n) is 11.1. The summed E-state index contributed by atoms with van der Waals surface area (Å²) in [6.07, 6.45) is -0.779. The van der Waals surface area contributed by atoms with Gasteiger partial charge in [0.05, 0.1) is 13.7 Å². The van der Waals surface area contributed by atoms with Crippen molar-refractivity contribution in [1.29, 1.82) is 0 Å². The first-order chi connectivity index (χ1) is 9.70. The first kappa shape index (κ1) is 14.6. The topological polar surface area (TPSA) is 35.5 Å². The van der Waals surface area contributed by atoms with Crippen molar-refractivity contribution in [3.63, 3.8) is 0 Å². The molecule has 2 aromatic rings. The predicted molar refractivity (Wildman–Crippen MR) is 77.4 cm³/mol. The maximum Gasteiger partial charge on any atom is 0.339 e. The summed E-state index contributed by atoms with van der Waals surface area (Å²) in [7, 11) is 1.34. The smallest absolute Gasteiger partial charge is 0.339 e. The molecular formula is C16H15ClO3. The molecule has 2 rings (SSSR count). The van der Waals surface area contributed by atoms with E-state index in [0.717, 1.165) is 5.56 Å². The van der Waals surface area contributed by atoms with E-state index in [9.17, 15) is 4.79 Å². The molecule has 3 nitrogen and oxygen atoms in total. The molecule has 0 aliphatic rings. The van der Waals surface area contributed by atoms with Crippen LogP contribution >= 0.6 is 11.6 Å². The fourth-order valence-electron chi connectivity index (χ4n) is 1.83. The van der Waals surface area contributed by atoms with Crippen molar-refractivity contribution in [2.24, 2.45) is 0 Å². The number of esters is 1. The highest BCUT2D eigenvalue weighted by molar-refractivity contribution is 6.30. The molecular weight excluding hydrogens is 276 g/mol. The fraction of sp³-hybridized carbons (Fsp3) is 0.188. The molecule has 0 bridgehead atoms. The number of carbonyl (C=O) groups is 1. The quantitative estimate of drug-likeness (QED) is 0.786. The van der Waals surface area contributed by atoms with Gasteiger partial charge < -0.3 is 9.47 Å². The van der Waals surface area contributed by atoms with Gasteiger partial charge >= 0.3 is 5.97 Å². The first-order valence-electron chi connectivity index (χ1n) is 6.19. The van der Waals surface area contributed by atoms with Crippen LogP contribution in [0.1, 0.15) is 17.2 Å². The van der Waals surface area contributed by atoms with Crippen LogP contribution in [0, 0.1) is 0 Å². The van der Waals surface area contributed by atoms with Gasteiger partial charge in [0.15, 0.2) is 6.10 Å². The van der Waals surface area contributed by atoms with E-state index in [1.165, 1.54) is 7.11 Å². The van der Waals surface area contributed by atoms with Gasteiger partial charge in [0, 0.05) is 5.02 Å². The van der Waals surface area contributed by atoms with Crippen LogP contribution in [-0.4, -0.2) is 13.1 Å². The second kappa shape index (κ2) is 7.08. The molecule has 0 spiro atoms. The Morgan fingerprint density at radius 3 is 2.55 bits per heavy atom. The minimum absolute atomic E-state index is 0.327. The van der Waals surface area contributed by atoms with Crippen LogP contribution in [0.25, 0.3) is 0 Å². The number of rotatable bonds is 5. The number of hydrogen-bond acceptors (Lipinski definition) is 3. The monoisotopic (exact) mass is 290 g/mol. The molecule has 2 aromatic carbocycles. The van der Waals surface area contributed by atoms with Crippen molar-refractivity contribution in [3.8, 4) is 0 Å². The van der Waals surface area contributed by atoms with E-state index in [1.54, 1.807) is 24.3 Å². The third kappa shape index (κ3) is 3.83. The molecule has 0 aliphatic heterocycles. The Morgan fingerprint density at radius 2 is 1.90 bits per heavy atom. The SMILES string of the molecule is COC(=O)C(OCc1ccccc1)c1cccc(Cl)c1. The van der Waals surface area contributed by atoms with E-state index in [2.05, 4.69) is 0 Å². The lowest BCUT2D eigenvalue weighted by Crippen LogP contribution is -2.17. The molecule has 0 aromatic heterocycles. The molecule has 0 amide bonds. The normalized spacial score (nSPS) is 11.9. The first-order valence-corrected chi connectivity index (χ1v) is 6.57. The van der Waals surface area contributed by atoms with E-state index in [0.29, 0.717) is 17.2 Å². The summed E-state index contributed by atoms with van der Waals surface area (Å²) < 4.78 is 10.5. The summed E-state index contributed by atoms with van der Waals surface area (Å²) in [6.45, 7) is 0.327. The molecule has 0 aliphatic carbocycles. The Kier molecular flexibility index (Phi) is 5.16. The van der Waals surface area contributed by atoms with Crippen LogP contribution in [0.3, 0.4) is 0 Å². The number of methoxy groups -OCH3 is 1. The molecule has 104 valence electrons. The third-order valence-corrected chi connectivity index (χ3v) is 3.06. The van der Waals surface area contributed by atoms with E-state index >= 15 is 0 Å². The van der Waals surface area contributed by atoms with Gasteiger partial charge in [-0.25, -0.2) is 4.79 Å². The van der Waals surface area contributed by atoms with Crippen molar-refractivity contribution in [3.05, 3.63) is 70.7 Å². The summed E-state index contributed by atoms with van der Waals surface area (Å²) >= 11 is 5.95. The third-order valence-electron chi connectivity index (χ3n) is 2.83. The molecule has 20 heavy (non-hydrogen) atoms. The van der Waals surface area contributed by atoms with Crippen molar-refractivity contribution in [2.75, 3.05) is 7.11 Å². The maximum atomic E-state index is 11.9.